The molecule has 7 heteroatoms. The highest BCUT2D eigenvalue weighted by Crippen LogP contribution is 2.20. The van der Waals surface area contributed by atoms with E-state index in [1.165, 1.54) is 17.4 Å². The predicted molar refractivity (Wildman–Crippen MR) is 89.8 cm³/mol. The van der Waals surface area contributed by atoms with Gasteiger partial charge in [-0.05, 0) is 23.6 Å². The molecular formula is C17H17FN2O3S. The van der Waals surface area contributed by atoms with Crippen molar-refractivity contribution in [2.75, 3.05) is 37.7 Å². The van der Waals surface area contributed by atoms with Gasteiger partial charge in [-0.1, -0.05) is 18.2 Å². The third-order valence-corrected chi connectivity index (χ3v) is 4.72. The second kappa shape index (κ2) is 7.44. The second-order valence-corrected chi connectivity index (χ2v) is 6.32. The number of rotatable bonds is 4. The molecule has 0 N–H and O–H groups in total. The van der Waals surface area contributed by atoms with Crippen molar-refractivity contribution in [3.63, 3.8) is 0 Å². The molecule has 1 aliphatic heterocycles. The SMILES string of the molecule is O=C(OCC(=O)N1CCN(c2ccccc2F)CC1)c1cccs1. The topological polar surface area (TPSA) is 49.9 Å². The first-order chi connectivity index (χ1) is 11.6. The van der Waals surface area contributed by atoms with Crippen molar-refractivity contribution in [2.45, 2.75) is 0 Å². The summed E-state index contributed by atoms with van der Waals surface area (Å²) < 4.78 is 18.8. The summed E-state index contributed by atoms with van der Waals surface area (Å²) in [5.41, 5.74) is 0.550. The monoisotopic (exact) mass is 348 g/mol. The number of hydrogen-bond donors (Lipinski definition) is 0. The number of esters is 1. The molecule has 24 heavy (non-hydrogen) atoms. The van der Waals surface area contributed by atoms with E-state index < -0.39 is 5.97 Å². The molecule has 2 heterocycles. The van der Waals surface area contributed by atoms with Gasteiger partial charge >= 0.3 is 5.97 Å². The van der Waals surface area contributed by atoms with Gasteiger partial charge in [-0.25, -0.2) is 9.18 Å². The van der Waals surface area contributed by atoms with Gasteiger partial charge in [0.1, 0.15) is 10.7 Å². The van der Waals surface area contributed by atoms with Crippen LogP contribution in [0.2, 0.25) is 0 Å². The zero-order chi connectivity index (χ0) is 16.9. The van der Waals surface area contributed by atoms with Crippen LogP contribution >= 0.6 is 11.3 Å². The number of para-hydroxylation sites is 1. The average Bonchev–Trinajstić information content (AvgIpc) is 3.15. The lowest BCUT2D eigenvalue weighted by Crippen LogP contribution is -2.50. The summed E-state index contributed by atoms with van der Waals surface area (Å²) in [5.74, 6) is -0.974. The van der Waals surface area contributed by atoms with Gasteiger partial charge in [-0.3, -0.25) is 4.79 Å². The normalized spacial score (nSPS) is 14.5. The number of ether oxygens (including phenoxy) is 1. The van der Waals surface area contributed by atoms with E-state index in [0.29, 0.717) is 36.7 Å². The molecule has 0 unspecified atom stereocenters. The third kappa shape index (κ3) is 3.73. The predicted octanol–water partition coefficient (Wildman–Crippen LogP) is 2.39. The van der Waals surface area contributed by atoms with E-state index in [9.17, 15) is 14.0 Å². The van der Waals surface area contributed by atoms with Crippen molar-refractivity contribution >= 4 is 28.9 Å². The highest BCUT2D eigenvalue weighted by Gasteiger charge is 2.23. The highest BCUT2D eigenvalue weighted by atomic mass is 32.1. The number of carbonyl (C=O) groups excluding carboxylic acids is 2. The molecule has 5 nitrogen and oxygen atoms in total. The van der Waals surface area contributed by atoms with Crippen molar-refractivity contribution in [1.29, 1.82) is 0 Å². The van der Waals surface area contributed by atoms with E-state index in [1.807, 2.05) is 4.90 Å². The second-order valence-electron chi connectivity index (χ2n) is 5.37. The summed E-state index contributed by atoms with van der Waals surface area (Å²) in [4.78, 5) is 27.9. The number of benzene rings is 1. The van der Waals surface area contributed by atoms with Crippen molar-refractivity contribution < 1.29 is 18.7 Å². The number of anilines is 1. The molecule has 0 bridgehead atoms. The molecule has 0 atom stereocenters. The van der Waals surface area contributed by atoms with Gasteiger partial charge in [-0.15, -0.1) is 11.3 Å². The maximum atomic E-state index is 13.8. The van der Waals surface area contributed by atoms with Crippen LogP contribution in [-0.2, 0) is 9.53 Å². The van der Waals surface area contributed by atoms with Crippen LogP contribution in [0, 0.1) is 5.82 Å². The van der Waals surface area contributed by atoms with Crippen LogP contribution < -0.4 is 4.90 Å². The molecule has 1 aromatic heterocycles. The van der Waals surface area contributed by atoms with E-state index in [2.05, 4.69) is 0 Å². The first-order valence-corrected chi connectivity index (χ1v) is 8.51. The van der Waals surface area contributed by atoms with Crippen molar-refractivity contribution in [1.82, 2.24) is 4.90 Å². The Kier molecular flexibility index (Phi) is 5.10. The summed E-state index contributed by atoms with van der Waals surface area (Å²) in [6.07, 6.45) is 0. The number of piperazine rings is 1. The molecule has 3 rings (SSSR count). The van der Waals surface area contributed by atoms with Crippen LogP contribution in [0.3, 0.4) is 0 Å². The Balaban J connectivity index is 1.48. The molecule has 1 amide bonds. The van der Waals surface area contributed by atoms with Crippen LogP contribution in [-0.4, -0.2) is 49.6 Å². The number of carbonyl (C=O) groups is 2. The van der Waals surface area contributed by atoms with Crippen molar-refractivity contribution in [2.24, 2.45) is 0 Å². The first kappa shape index (κ1) is 16.4. The fourth-order valence-electron chi connectivity index (χ4n) is 2.59. The van der Waals surface area contributed by atoms with Crippen molar-refractivity contribution in [3.8, 4) is 0 Å². The molecule has 126 valence electrons. The fourth-order valence-corrected chi connectivity index (χ4v) is 3.21. The Morgan fingerprint density at radius 3 is 2.50 bits per heavy atom. The van der Waals surface area contributed by atoms with Crippen LogP contribution in [0.1, 0.15) is 9.67 Å². The van der Waals surface area contributed by atoms with Crippen LogP contribution in [0.15, 0.2) is 41.8 Å². The van der Waals surface area contributed by atoms with Gasteiger partial charge < -0.3 is 14.5 Å². The molecule has 0 spiro atoms. The largest absolute Gasteiger partial charge is 0.451 e. The van der Waals surface area contributed by atoms with E-state index in [1.54, 1.807) is 40.6 Å². The molecule has 1 aromatic carbocycles. The number of amides is 1. The summed E-state index contributed by atoms with van der Waals surface area (Å²) in [5, 5.41) is 1.78. The number of hydrogen-bond acceptors (Lipinski definition) is 5. The first-order valence-electron chi connectivity index (χ1n) is 7.63. The Hall–Kier alpha value is -2.41. The Morgan fingerprint density at radius 2 is 1.83 bits per heavy atom. The Morgan fingerprint density at radius 1 is 1.08 bits per heavy atom. The van der Waals surface area contributed by atoms with Gasteiger partial charge in [0.15, 0.2) is 6.61 Å². The number of thiophene rings is 1. The van der Waals surface area contributed by atoms with E-state index in [0.717, 1.165) is 0 Å². The van der Waals surface area contributed by atoms with Crippen LogP contribution in [0.4, 0.5) is 10.1 Å². The molecule has 2 aromatic rings. The maximum Gasteiger partial charge on any atom is 0.348 e. The molecule has 1 fully saturated rings. The Labute approximate surface area is 143 Å². The smallest absolute Gasteiger partial charge is 0.348 e. The van der Waals surface area contributed by atoms with Crippen molar-refractivity contribution in [3.05, 3.63) is 52.5 Å². The lowest BCUT2D eigenvalue weighted by Gasteiger charge is -2.36. The summed E-state index contributed by atoms with van der Waals surface area (Å²) in [7, 11) is 0. The lowest BCUT2D eigenvalue weighted by molar-refractivity contribution is -0.134. The standard InChI is InChI=1S/C17H17FN2O3S/c18-13-4-1-2-5-14(13)19-7-9-20(10-8-19)16(21)12-23-17(22)15-6-3-11-24-15/h1-6,11H,7-10,12H2. The van der Waals surface area contributed by atoms with E-state index >= 15 is 0 Å². The Bertz CT molecular complexity index is 712. The maximum absolute atomic E-state index is 13.8. The minimum atomic E-state index is -0.483. The van der Waals surface area contributed by atoms with Gasteiger partial charge in [0.05, 0.1) is 5.69 Å². The molecule has 0 aliphatic carbocycles. The minimum Gasteiger partial charge on any atom is -0.451 e. The van der Waals surface area contributed by atoms with Gasteiger partial charge in [0, 0.05) is 26.2 Å². The zero-order valence-electron chi connectivity index (χ0n) is 13.0. The summed E-state index contributed by atoms with van der Waals surface area (Å²) >= 11 is 1.28. The molecule has 1 saturated heterocycles. The van der Waals surface area contributed by atoms with Crippen LogP contribution in [0.25, 0.3) is 0 Å². The van der Waals surface area contributed by atoms with Crippen LogP contribution in [0.5, 0.6) is 0 Å². The molecular weight excluding hydrogens is 331 g/mol. The minimum absolute atomic E-state index is 0.229. The molecule has 1 aliphatic rings. The van der Waals surface area contributed by atoms with E-state index in [-0.39, 0.29) is 18.3 Å². The average molecular weight is 348 g/mol. The third-order valence-electron chi connectivity index (χ3n) is 3.87. The lowest BCUT2D eigenvalue weighted by atomic mass is 10.2. The van der Waals surface area contributed by atoms with Gasteiger partial charge in [0.2, 0.25) is 0 Å². The zero-order valence-corrected chi connectivity index (χ0v) is 13.8. The summed E-state index contributed by atoms with van der Waals surface area (Å²) in [6.45, 7) is 1.78. The number of nitrogens with zero attached hydrogens (tertiary/aromatic N) is 2. The van der Waals surface area contributed by atoms with E-state index in [4.69, 9.17) is 4.74 Å². The number of halogens is 1. The van der Waals surface area contributed by atoms with Gasteiger partial charge in [-0.2, -0.15) is 0 Å². The molecule has 0 radical (unpaired) electrons. The fraction of sp³-hybridized carbons (Fsp3) is 0.294. The highest BCUT2D eigenvalue weighted by molar-refractivity contribution is 7.11. The van der Waals surface area contributed by atoms with Gasteiger partial charge in [0.25, 0.3) is 5.91 Å². The quantitative estimate of drug-likeness (QED) is 0.796. The molecule has 0 saturated carbocycles. The summed E-state index contributed by atoms with van der Waals surface area (Å²) in [6, 6.07) is 10.0.